The van der Waals surface area contributed by atoms with Crippen LogP contribution in [0.2, 0.25) is 0 Å². The van der Waals surface area contributed by atoms with Gasteiger partial charge in [0.2, 0.25) is 11.5 Å². The lowest BCUT2D eigenvalue weighted by molar-refractivity contribution is 0.101. The monoisotopic (exact) mass is 1810 g/mol. The lowest BCUT2D eigenvalue weighted by Gasteiger charge is -2.26. The second-order valence-corrected chi connectivity index (χ2v) is 31.8. The van der Waals surface area contributed by atoms with E-state index in [1.807, 2.05) is 223 Å². The lowest BCUT2D eigenvalue weighted by Crippen LogP contribution is -2.42. The summed E-state index contributed by atoms with van der Waals surface area (Å²) in [7, 11) is 16.1. The number of pyridine rings is 2. The van der Waals surface area contributed by atoms with E-state index in [4.69, 9.17) is 47.9 Å². The molecule has 0 saturated carbocycles. The SMILES string of the molecule is C.C.C.C.CN(C)c1cccc(C(=O)Nc2ccccc2-c2cn3ccccc3n2)c1.COc1cc(C(=O)Nc2ccccc2-c2cn3cc(CN4CCNCC4)sc3n2)cc(OC)c1OC.COc1cc(C(=O)Nc2ccccc2-c2cn3ccccc3n2)cc(OC)c1OC.COc1ccc(C(=O)Nc2ccccc2-c2cn3cc(CN4CCNCC4)sc3n2)cc1OC. The Morgan fingerprint density at radius 1 is 0.344 bits per heavy atom. The predicted molar refractivity (Wildman–Crippen MR) is 526 cm³/mol. The summed E-state index contributed by atoms with van der Waals surface area (Å²) in [5, 5.41) is 18.8. The van der Waals surface area contributed by atoms with Gasteiger partial charge in [-0.25, -0.2) is 19.9 Å². The van der Waals surface area contributed by atoms with E-state index in [1.165, 1.54) is 52.4 Å². The zero-order valence-electron chi connectivity index (χ0n) is 71.9. The molecule has 18 rings (SSSR count). The van der Waals surface area contributed by atoms with Crippen LogP contribution in [0.3, 0.4) is 0 Å². The van der Waals surface area contributed by atoms with E-state index in [2.05, 4.69) is 72.9 Å². The lowest BCUT2D eigenvalue weighted by atomic mass is 10.1. The third-order valence-electron chi connectivity index (χ3n) is 21.2. The fourth-order valence-corrected chi connectivity index (χ4v) is 16.8. The number of nitrogens with zero attached hydrogens (tertiary/aromatic N) is 11. The van der Waals surface area contributed by atoms with Gasteiger partial charge in [0, 0.05) is 189 Å². The van der Waals surface area contributed by atoms with Crippen LogP contribution in [0, 0.1) is 0 Å². The number of rotatable bonds is 25. The zero-order chi connectivity index (χ0) is 88.5. The summed E-state index contributed by atoms with van der Waals surface area (Å²) in [5.74, 6) is 2.65. The van der Waals surface area contributed by atoms with Crippen molar-refractivity contribution in [3.63, 3.8) is 0 Å². The zero-order valence-corrected chi connectivity index (χ0v) is 73.5. The van der Waals surface area contributed by atoms with Crippen LogP contribution in [0.4, 0.5) is 28.4 Å². The molecule has 8 aromatic heterocycles. The predicted octanol–water partition coefficient (Wildman–Crippen LogP) is 18.6. The summed E-state index contributed by atoms with van der Waals surface area (Å²) in [6, 6.07) is 61.5. The molecule has 6 N–H and O–H groups in total. The number of methoxy groups -OCH3 is 8. The number of anilines is 5. The summed E-state index contributed by atoms with van der Waals surface area (Å²) >= 11 is 3.40. The first-order valence-corrected chi connectivity index (χ1v) is 42.5. The van der Waals surface area contributed by atoms with Crippen molar-refractivity contribution in [3.8, 4) is 91.0 Å². The number of imidazole rings is 4. The van der Waals surface area contributed by atoms with Crippen molar-refractivity contribution < 1.29 is 57.1 Å². The van der Waals surface area contributed by atoms with Gasteiger partial charge in [0.15, 0.2) is 44.4 Å². The van der Waals surface area contributed by atoms with Crippen molar-refractivity contribution in [2.75, 3.05) is 149 Å². The number of carbonyl (C=O) groups is 4. The van der Waals surface area contributed by atoms with Crippen molar-refractivity contribution in [2.45, 2.75) is 42.8 Å². The number of piperazine rings is 2. The Morgan fingerprint density at radius 3 is 1.02 bits per heavy atom. The Kier molecular flexibility index (Phi) is 33.6. The number of fused-ring (bicyclic) bond motifs is 4. The van der Waals surface area contributed by atoms with Crippen LogP contribution >= 0.6 is 22.7 Å². The molecule has 0 atom stereocenters. The van der Waals surface area contributed by atoms with Gasteiger partial charge in [0.05, 0.1) is 102 Å². The third kappa shape index (κ3) is 22.9. The first-order chi connectivity index (χ1) is 62.0. The highest BCUT2D eigenvalue weighted by molar-refractivity contribution is 7.17. The van der Waals surface area contributed by atoms with Gasteiger partial charge in [-0.05, 0) is 109 Å². The molecule has 2 aliphatic rings. The van der Waals surface area contributed by atoms with E-state index in [0.717, 1.165) is 143 Å². The molecule has 0 spiro atoms. The van der Waals surface area contributed by atoms with Gasteiger partial charge in [-0.3, -0.25) is 37.8 Å². The van der Waals surface area contributed by atoms with E-state index in [0.29, 0.717) is 85.3 Å². The molecule has 2 saturated heterocycles. The fraction of sp³-hybridized carbons (Fsp3) is 0.240. The van der Waals surface area contributed by atoms with Gasteiger partial charge in [0.25, 0.3) is 23.6 Å². The van der Waals surface area contributed by atoms with Crippen LogP contribution in [-0.4, -0.2) is 194 Å². The topological polar surface area (TPSA) is 293 Å². The number of nitrogens with one attached hydrogen (secondary N) is 6. The Balaban J connectivity index is 0.000000168. The Bertz CT molecular complexity index is 6400. The fourth-order valence-electron chi connectivity index (χ4n) is 14.8. The maximum absolute atomic E-state index is 13.2. The van der Waals surface area contributed by atoms with Crippen LogP contribution in [0.25, 0.3) is 66.2 Å². The quantitative estimate of drug-likeness (QED) is 0.0310. The molecular weight excluding hydrogens is 1700 g/mol. The van der Waals surface area contributed by atoms with Crippen LogP contribution in [-0.2, 0) is 13.1 Å². The molecule has 29 nitrogen and oxygen atoms in total. The van der Waals surface area contributed by atoms with Gasteiger partial charge < -0.3 is 83.5 Å². The van der Waals surface area contributed by atoms with Crippen molar-refractivity contribution in [3.05, 3.63) is 282 Å². The minimum absolute atomic E-state index is 0. The van der Waals surface area contributed by atoms with E-state index in [9.17, 15) is 19.2 Å². The summed E-state index contributed by atoms with van der Waals surface area (Å²) in [4.78, 5) is 82.4. The number of aromatic nitrogens is 8. The molecule has 10 heterocycles. The molecule has 0 unspecified atom stereocenters. The summed E-state index contributed by atoms with van der Waals surface area (Å²) < 4.78 is 50.8. The van der Waals surface area contributed by atoms with Gasteiger partial charge in [-0.2, -0.15) is 0 Å². The van der Waals surface area contributed by atoms with Gasteiger partial charge >= 0.3 is 0 Å². The first kappa shape index (κ1) is 97.0. The molecule has 131 heavy (non-hydrogen) atoms. The van der Waals surface area contributed by atoms with Crippen molar-refractivity contribution in [2.24, 2.45) is 0 Å². The molecule has 4 amide bonds. The minimum Gasteiger partial charge on any atom is -0.493 e. The molecule has 0 radical (unpaired) electrons. The highest BCUT2D eigenvalue weighted by Crippen LogP contribution is 2.42. The maximum atomic E-state index is 13.2. The number of hydrogen-bond acceptors (Lipinski definition) is 23. The van der Waals surface area contributed by atoms with Crippen LogP contribution in [0.1, 0.15) is 80.9 Å². The second kappa shape index (κ2) is 45.4. The summed E-state index contributed by atoms with van der Waals surface area (Å²) in [6.07, 6.45) is 16.1. The number of carbonyl (C=O) groups excluding carboxylic acids is 4. The number of benzene rings is 8. The van der Waals surface area contributed by atoms with Crippen molar-refractivity contribution in [1.82, 2.24) is 58.0 Å². The van der Waals surface area contributed by atoms with E-state index >= 15 is 0 Å². The van der Waals surface area contributed by atoms with Crippen molar-refractivity contribution in [1.29, 1.82) is 0 Å². The highest BCUT2D eigenvalue weighted by atomic mass is 32.1. The number of amides is 4. The van der Waals surface area contributed by atoms with Gasteiger partial charge in [-0.1, -0.05) is 143 Å². The number of ether oxygens (including phenoxy) is 8. The Morgan fingerprint density at radius 2 is 0.672 bits per heavy atom. The third-order valence-corrected chi connectivity index (χ3v) is 23.2. The Hall–Kier alpha value is -14.6. The standard InChI is InChI=1S/C26H29N5O4S.C25H27N5O3S.C23H21N3O4.C22H20N4O.4CH4/c1-33-22-12-17(13-23(34-2)24(22)35-3)25(32)28-20-7-5-4-6-19(20)21-16-31-15-18(36-26(31)29-21)14-30-10-8-27-9-11-30;1-32-22-8-7-17(13-23(22)33-2)24(31)27-20-6-4-3-5-19(20)21-16-30-15-18(34-25(30)28-21)14-29-11-9-26-10-12-29;1-28-19-12-15(13-20(29-2)22(19)30-3)23(27)25-17-9-5-4-8-16(17)18-14-26-11-7-6-10-21(26)24-18;1-25(2)17-9-7-8-16(14-17)22(27)24-19-11-4-3-10-18(19)20-15-26-13-6-5-12-21(26)23-20;;;;/h4-7,12-13,15-16,27H,8-11,14H2,1-3H3,(H,28,32);3-8,13,15-16,26H,9-12,14H2,1-2H3,(H,27,31);4-14H,1-3H3,(H,25,27);3-15H,1-2H3,(H,24,27);4*1H4. The molecule has 31 heteroatoms. The average Bonchev–Trinajstić information content (AvgIpc) is 1.70. The number of para-hydroxylation sites is 4. The molecule has 0 aliphatic carbocycles. The normalized spacial score (nSPS) is 12.2. The van der Waals surface area contributed by atoms with Gasteiger partial charge in [-0.15, -0.1) is 0 Å². The first-order valence-electron chi connectivity index (χ1n) is 40.9. The largest absolute Gasteiger partial charge is 0.493 e. The van der Waals surface area contributed by atoms with Crippen LogP contribution in [0.15, 0.2) is 250 Å². The van der Waals surface area contributed by atoms with E-state index in [1.54, 1.807) is 79.4 Å². The van der Waals surface area contributed by atoms with E-state index < -0.39 is 0 Å². The molecule has 682 valence electrons. The summed E-state index contributed by atoms with van der Waals surface area (Å²) in [6.45, 7) is 10.3. The molecular formula is C100H113N17O12S2. The Labute approximate surface area is 771 Å². The second-order valence-electron chi connectivity index (χ2n) is 29.6. The van der Waals surface area contributed by atoms with Gasteiger partial charge in [0.1, 0.15) is 11.3 Å². The molecule has 2 fully saturated rings. The average molecular weight is 1810 g/mol. The smallest absolute Gasteiger partial charge is 0.255 e. The summed E-state index contributed by atoms with van der Waals surface area (Å²) in [5.41, 5.74) is 14.0. The molecule has 0 bridgehead atoms. The number of hydrogen-bond donors (Lipinski definition) is 6. The highest BCUT2D eigenvalue weighted by Gasteiger charge is 2.25. The molecule has 8 aromatic carbocycles. The maximum Gasteiger partial charge on any atom is 0.255 e. The molecule has 16 aromatic rings. The minimum atomic E-state index is -0.300. The van der Waals surface area contributed by atoms with Crippen LogP contribution < -0.4 is 74.7 Å². The number of thiazole rings is 2. The van der Waals surface area contributed by atoms with Crippen molar-refractivity contribution >= 4 is 96.0 Å². The molecule has 2 aliphatic heterocycles. The van der Waals surface area contributed by atoms with Crippen LogP contribution in [0.5, 0.6) is 46.0 Å². The van der Waals surface area contributed by atoms with E-state index in [-0.39, 0.29) is 53.3 Å².